The van der Waals surface area contributed by atoms with Gasteiger partial charge in [-0.3, -0.25) is 24.0 Å². The first-order chi connectivity index (χ1) is 13.1. The molecule has 28 heavy (non-hydrogen) atoms. The molecule has 6 N–H and O–H groups in total. The van der Waals surface area contributed by atoms with E-state index in [4.69, 9.17) is 10.8 Å². The zero-order valence-electron chi connectivity index (χ0n) is 16.7. The second-order valence-electron chi connectivity index (χ2n) is 6.92. The van der Waals surface area contributed by atoms with E-state index in [1.165, 1.54) is 6.92 Å². The Morgan fingerprint density at radius 2 is 1.64 bits per heavy atom. The minimum atomic E-state index is -1.21. The van der Waals surface area contributed by atoms with Crippen molar-refractivity contribution < 1.29 is 29.1 Å². The molecule has 0 aliphatic rings. The Balaban J connectivity index is 4.69. The number of hydrogen-bond acceptors (Lipinski definition) is 5. The van der Waals surface area contributed by atoms with Gasteiger partial charge >= 0.3 is 5.97 Å². The van der Waals surface area contributed by atoms with Gasteiger partial charge in [-0.2, -0.15) is 0 Å². The van der Waals surface area contributed by atoms with Crippen molar-refractivity contribution in [3.8, 4) is 0 Å². The monoisotopic (exact) mass is 400 g/mol. The lowest BCUT2D eigenvalue weighted by Gasteiger charge is -2.19. The second kappa shape index (κ2) is 13.5. The maximum absolute atomic E-state index is 12.3. The maximum atomic E-state index is 12.3. The van der Waals surface area contributed by atoms with E-state index in [1.807, 2.05) is 6.92 Å². The van der Waals surface area contributed by atoms with Gasteiger partial charge in [0, 0.05) is 12.8 Å². The molecule has 0 radical (unpaired) electrons. The predicted molar refractivity (Wildman–Crippen MR) is 102 cm³/mol. The number of hydrogen-bond donors (Lipinski definition) is 5. The van der Waals surface area contributed by atoms with Crippen LogP contribution in [0.5, 0.6) is 0 Å². The lowest BCUT2D eigenvalue weighted by Crippen LogP contribution is -2.50. The van der Waals surface area contributed by atoms with Crippen LogP contribution in [0.4, 0.5) is 0 Å². The molecule has 0 aliphatic carbocycles. The van der Waals surface area contributed by atoms with E-state index in [9.17, 15) is 24.0 Å². The number of aliphatic carboxylic acids is 1. The van der Waals surface area contributed by atoms with Crippen LogP contribution in [0.15, 0.2) is 0 Å². The van der Waals surface area contributed by atoms with Gasteiger partial charge in [0.1, 0.15) is 12.1 Å². The predicted octanol–water partition coefficient (Wildman–Crippen LogP) is -0.341. The van der Waals surface area contributed by atoms with Crippen molar-refractivity contribution >= 4 is 29.6 Å². The number of amides is 4. The fraction of sp³-hybridized carbons (Fsp3) is 0.722. The van der Waals surface area contributed by atoms with Gasteiger partial charge in [0.2, 0.25) is 23.6 Å². The quantitative estimate of drug-likeness (QED) is 0.267. The summed E-state index contributed by atoms with van der Waals surface area (Å²) < 4.78 is 0. The van der Waals surface area contributed by atoms with E-state index in [-0.39, 0.29) is 31.1 Å². The molecule has 0 heterocycles. The Bertz CT molecular complexity index is 566. The zero-order valence-corrected chi connectivity index (χ0v) is 16.7. The highest BCUT2D eigenvalue weighted by Gasteiger charge is 2.23. The molecule has 0 saturated carbocycles. The largest absolute Gasteiger partial charge is 0.480 e. The highest BCUT2D eigenvalue weighted by molar-refractivity contribution is 5.91. The number of primary amides is 1. The number of nitrogens with two attached hydrogens (primary N) is 1. The van der Waals surface area contributed by atoms with Crippen molar-refractivity contribution in [2.24, 2.45) is 11.7 Å². The maximum Gasteiger partial charge on any atom is 0.325 e. The van der Waals surface area contributed by atoms with E-state index in [1.54, 1.807) is 0 Å². The fourth-order valence-corrected chi connectivity index (χ4v) is 2.42. The van der Waals surface area contributed by atoms with E-state index in [0.29, 0.717) is 0 Å². The molecule has 0 aliphatic heterocycles. The van der Waals surface area contributed by atoms with Crippen molar-refractivity contribution in [3.05, 3.63) is 0 Å². The SMILES string of the molecule is CCCC[C@H](C)CC(=O)N[C@H](CCC(N)=O)C(=O)NCC(=O)N[C@H](C)C(=O)O. The smallest absolute Gasteiger partial charge is 0.325 e. The Kier molecular flexibility index (Phi) is 12.2. The van der Waals surface area contributed by atoms with Crippen LogP contribution >= 0.6 is 0 Å². The summed E-state index contributed by atoms with van der Waals surface area (Å²) in [4.78, 5) is 57.9. The molecule has 0 saturated heterocycles. The van der Waals surface area contributed by atoms with Crippen LogP contribution in [0.2, 0.25) is 0 Å². The first kappa shape index (κ1) is 25.4. The van der Waals surface area contributed by atoms with Crippen molar-refractivity contribution in [1.29, 1.82) is 0 Å². The zero-order chi connectivity index (χ0) is 21.7. The first-order valence-electron chi connectivity index (χ1n) is 9.44. The van der Waals surface area contributed by atoms with Gasteiger partial charge in [-0.05, 0) is 19.3 Å². The van der Waals surface area contributed by atoms with Gasteiger partial charge in [0.25, 0.3) is 0 Å². The molecular weight excluding hydrogens is 368 g/mol. The summed E-state index contributed by atoms with van der Waals surface area (Å²) in [6.07, 6.45) is 3.07. The third-order valence-electron chi connectivity index (χ3n) is 4.09. The third kappa shape index (κ3) is 11.9. The molecule has 0 aromatic rings. The summed E-state index contributed by atoms with van der Waals surface area (Å²) in [6.45, 7) is 4.84. The van der Waals surface area contributed by atoms with Crippen molar-refractivity contribution in [3.63, 3.8) is 0 Å². The van der Waals surface area contributed by atoms with Gasteiger partial charge in [0.15, 0.2) is 0 Å². The first-order valence-corrected chi connectivity index (χ1v) is 9.44. The van der Waals surface area contributed by atoms with Crippen molar-refractivity contribution in [1.82, 2.24) is 16.0 Å². The minimum Gasteiger partial charge on any atom is -0.480 e. The molecule has 0 aromatic carbocycles. The molecule has 0 fully saturated rings. The number of carbonyl (C=O) groups is 5. The average Bonchev–Trinajstić information content (AvgIpc) is 2.60. The number of carboxylic acid groups (broad SMARTS) is 1. The molecule has 0 rings (SSSR count). The summed E-state index contributed by atoms with van der Waals surface area (Å²) in [5, 5.41) is 15.9. The molecule has 0 aromatic heterocycles. The van der Waals surface area contributed by atoms with Gasteiger partial charge in [0.05, 0.1) is 6.54 Å². The number of nitrogens with one attached hydrogen (secondary N) is 3. The van der Waals surface area contributed by atoms with Crippen molar-refractivity contribution in [2.45, 2.75) is 71.4 Å². The minimum absolute atomic E-state index is 0.00337. The Morgan fingerprint density at radius 1 is 1.00 bits per heavy atom. The summed E-state index contributed by atoms with van der Waals surface area (Å²) in [6, 6.07) is -2.11. The second-order valence-corrected chi connectivity index (χ2v) is 6.92. The average molecular weight is 400 g/mol. The van der Waals surface area contributed by atoms with E-state index >= 15 is 0 Å². The normalized spacial score (nSPS) is 13.7. The highest BCUT2D eigenvalue weighted by Crippen LogP contribution is 2.12. The summed E-state index contributed by atoms with van der Waals surface area (Å²) >= 11 is 0. The van der Waals surface area contributed by atoms with Gasteiger partial charge < -0.3 is 26.8 Å². The number of carbonyl (C=O) groups excluding carboxylic acids is 4. The molecule has 10 heteroatoms. The fourth-order valence-electron chi connectivity index (χ4n) is 2.42. The summed E-state index contributed by atoms with van der Waals surface area (Å²) in [7, 11) is 0. The molecule has 0 unspecified atom stereocenters. The lowest BCUT2D eigenvalue weighted by molar-refractivity contribution is -0.141. The van der Waals surface area contributed by atoms with Crippen LogP contribution in [-0.4, -0.2) is 53.3 Å². The summed E-state index contributed by atoms with van der Waals surface area (Å²) in [5.74, 6) is -3.31. The molecule has 160 valence electrons. The highest BCUT2D eigenvalue weighted by atomic mass is 16.4. The molecule has 10 nitrogen and oxygen atoms in total. The molecular formula is C18H32N4O6. The number of unbranched alkanes of at least 4 members (excludes halogenated alkanes) is 1. The van der Waals surface area contributed by atoms with E-state index < -0.39 is 42.3 Å². The van der Waals surface area contributed by atoms with Crippen LogP contribution < -0.4 is 21.7 Å². The lowest BCUT2D eigenvalue weighted by atomic mass is 10.00. The van der Waals surface area contributed by atoms with Crippen LogP contribution in [-0.2, 0) is 24.0 Å². The van der Waals surface area contributed by atoms with E-state index in [2.05, 4.69) is 22.9 Å². The van der Waals surface area contributed by atoms with Gasteiger partial charge in [-0.15, -0.1) is 0 Å². The topological polar surface area (TPSA) is 168 Å². The molecule has 0 bridgehead atoms. The van der Waals surface area contributed by atoms with Crippen LogP contribution in [0.1, 0.15) is 59.3 Å². The van der Waals surface area contributed by atoms with Gasteiger partial charge in [-0.1, -0.05) is 33.1 Å². The number of carboxylic acids is 1. The number of rotatable bonds is 14. The van der Waals surface area contributed by atoms with Crippen LogP contribution in [0, 0.1) is 5.92 Å². The molecule has 3 atom stereocenters. The van der Waals surface area contributed by atoms with Crippen LogP contribution in [0.3, 0.4) is 0 Å². The Labute approximate surface area is 165 Å². The van der Waals surface area contributed by atoms with E-state index in [0.717, 1.165) is 19.3 Å². The standard InChI is InChI=1S/C18H32N4O6/c1-4-5-6-11(2)9-15(24)22-13(7-8-14(19)23)17(26)20-10-16(25)21-12(3)18(27)28/h11-13H,4-10H2,1-3H3,(H2,19,23)(H,20,26)(H,21,25)(H,22,24)(H,27,28)/t11-,12+,13+/m0/s1. The Hall–Kier alpha value is -2.65. The summed E-state index contributed by atoms with van der Waals surface area (Å²) in [5.41, 5.74) is 5.11. The van der Waals surface area contributed by atoms with Crippen LogP contribution in [0.25, 0.3) is 0 Å². The molecule has 4 amide bonds. The van der Waals surface area contributed by atoms with Crippen molar-refractivity contribution in [2.75, 3.05) is 6.54 Å². The molecule has 0 spiro atoms. The van der Waals surface area contributed by atoms with Gasteiger partial charge in [-0.25, -0.2) is 0 Å². The Morgan fingerprint density at radius 3 is 2.18 bits per heavy atom. The third-order valence-corrected chi connectivity index (χ3v) is 4.09.